The lowest BCUT2D eigenvalue weighted by atomic mass is 10.1. The standard InChI is InChI=1S/C14H20N4OS/c1-9(2)18-13(19)16-17-14(18)20-12-6-4-11(5-7-12)8-10(3)15/h4-7,9-10H,8,15H2,1-3H3,(H,16,19). The van der Waals surface area contributed by atoms with E-state index in [-0.39, 0.29) is 17.8 Å². The van der Waals surface area contributed by atoms with E-state index in [1.165, 1.54) is 17.3 Å². The van der Waals surface area contributed by atoms with Gasteiger partial charge < -0.3 is 5.73 Å². The molecule has 5 nitrogen and oxygen atoms in total. The van der Waals surface area contributed by atoms with Crippen LogP contribution in [0.3, 0.4) is 0 Å². The molecule has 0 saturated carbocycles. The van der Waals surface area contributed by atoms with Crippen LogP contribution < -0.4 is 11.4 Å². The van der Waals surface area contributed by atoms with E-state index in [2.05, 4.69) is 22.3 Å². The summed E-state index contributed by atoms with van der Waals surface area (Å²) in [4.78, 5) is 12.7. The van der Waals surface area contributed by atoms with Crippen LogP contribution >= 0.6 is 11.8 Å². The number of H-pyrrole nitrogens is 1. The second kappa shape index (κ2) is 6.28. The van der Waals surface area contributed by atoms with Crippen molar-refractivity contribution in [3.63, 3.8) is 0 Å². The predicted octanol–water partition coefficient (Wildman–Crippen LogP) is 2.19. The molecule has 1 aromatic heterocycles. The van der Waals surface area contributed by atoms with E-state index in [0.29, 0.717) is 5.16 Å². The van der Waals surface area contributed by atoms with E-state index in [1.54, 1.807) is 4.57 Å². The second-order valence-corrected chi connectivity index (χ2v) is 6.24. The van der Waals surface area contributed by atoms with Crippen LogP contribution in [0.4, 0.5) is 0 Å². The Kier molecular flexibility index (Phi) is 4.67. The summed E-state index contributed by atoms with van der Waals surface area (Å²) < 4.78 is 1.65. The van der Waals surface area contributed by atoms with Gasteiger partial charge in [-0.25, -0.2) is 9.89 Å². The van der Waals surface area contributed by atoms with Crippen molar-refractivity contribution in [2.24, 2.45) is 5.73 Å². The fourth-order valence-electron chi connectivity index (χ4n) is 1.99. The molecule has 0 aliphatic rings. The summed E-state index contributed by atoms with van der Waals surface area (Å²) in [7, 11) is 0. The van der Waals surface area contributed by atoms with Crippen molar-refractivity contribution in [1.82, 2.24) is 14.8 Å². The smallest absolute Gasteiger partial charge is 0.328 e. The largest absolute Gasteiger partial charge is 0.344 e. The van der Waals surface area contributed by atoms with Gasteiger partial charge in [-0.05, 0) is 56.7 Å². The SMILES string of the molecule is CC(N)Cc1ccc(Sc2n[nH]c(=O)n2C(C)C)cc1. The van der Waals surface area contributed by atoms with Crippen molar-refractivity contribution in [3.8, 4) is 0 Å². The van der Waals surface area contributed by atoms with Crippen LogP contribution in [0.25, 0.3) is 0 Å². The average Bonchev–Trinajstić information content (AvgIpc) is 2.72. The van der Waals surface area contributed by atoms with E-state index in [1.807, 2.05) is 32.9 Å². The van der Waals surface area contributed by atoms with Gasteiger partial charge in [0, 0.05) is 17.0 Å². The Morgan fingerprint density at radius 1 is 1.30 bits per heavy atom. The van der Waals surface area contributed by atoms with Gasteiger partial charge >= 0.3 is 5.69 Å². The summed E-state index contributed by atoms with van der Waals surface area (Å²) >= 11 is 1.48. The van der Waals surface area contributed by atoms with Crippen molar-refractivity contribution in [2.75, 3.05) is 0 Å². The summed E-state index contributed by atoms with van der Waals surface area (Å²) in [5, 5.41) is 7.25. The van der Waals surface area contributed by atoms with Crippen LogP contribution in [0.5, 0.6) is 0 Å². The zero-order valence-electron chi connectivity index (χ0n) is 12.0. The van der Waals surface area contributed by atoms with E-state index < -0.39 is 0 Å². The molecule has 3 N–H and O–H groups in total. The molecule has 0 bridgehead atoms. The summed E-state index contributed by atoms with van der Waals surface area (Å²) in [5.41, 5.74) is 6.83. The molecule has 2 rings (SSSR count). The van der Waals surface area contributed by atoms with Gasteiger partial charge in [0.2, 0.25) is 0 Å². The van der Waals surface area contributed by atoms with Gasteiger partial charge in [0.1, 0.15) is 0 Å². The number of aromatic amines is 1. The molecule has 0 radical (unpaired) electrons. The Labute approximate surface area is 122 Å². The maximum absolute atomic E-state index is 11.7. The maximum atomic E-state index is 11.7. The highest BCUT2D eigenvalue weighted by Crippen LogP contribution is 2.26. The number of nitrogens with zero attached hydrogens (tertiary/aromatic N) is 2. The minimum absolute atomic E-state index is 0.0844. The first kappa shape index (κ1) is 14.9. The van der Waals surface area contributed by atoms with Crippen LogP contribution in [0, 0.1) is 0 Å². The average molecular weight is 292 g/mol. The van der Waals surface area contributed by atoms with Crippen molar-refractivity contribution in [2.45, 2.75) is 49.3 Å². The van der Waals surface area contributed by atoms with Gasteiger partial charge in [0.15, 0.2) is 5.16 Å². The maximum Gasteiger partial charge on any atom is 0.344 e. The Morgan fingerprint density at radius 2 is 1.95 bits per heavy atom. The molecule has 108 valence electrons. The quantitative estimate of drug-likeness (QED) is 0.885. The molecule has 1 atom stereocenters. The zero-order chi connectivity index (χ0) is 14.7. The molecule has 0 fully saturated rings. The molecule has 1 unspecified atom stereocenters. The molecule has 1 heterocycles. The third-order valence-corrected chi connectivity index (χ3v) is 3.86. The highest BCUT2D eigenvalue weighted by atomic mass is 32.2. The van der Waals surface area contributed by atoms with E-state index >= 15 is 0 Å². The predicted molar refractivity (Wildman–Crippen MR) is 81.2 cm³/mol. The topological polar surface area (TPSA) is 76.7 Å². The van der Waals surface area contributed by atoms with Crippen molar-refractivity contribution >= 4 is 11.8 Å². The fourth-order valence-corrected chi connectivity index (χ4v) is 2.95. The Bertz CT molecular complexity index is 613. The monoisotopic (exact) mass is 292 g/mol. The molecule has 20 heavy (non-hydrogen) atoms. The number of hydrogen-bond acceptors (Lipinski definition) is 4. The zero-order valence-corrected chi connectivity index (χ0v) is 12.8. The minimum Gasteiger partial charge on any atom is -0.328 e. The van der Waals surface area contributed by atoms with Gasteiger partial charge in [-0.3, -0.25) is 4.57 Å². The van der Waals surface area contributed by atoms with Gasteiger partial charge in [-0.2, -0.15) is 0 Å². The van der Waals surface area contributed by atoms with Crippen molar-refractivity contribution in [1.29, 1.82) is 0 Å². The number of hydrogen-bond donors (Lipinski definition) is 2. The van der Waals surface area contributed by atoms with Crippen LogP contribution in [-0.2, 0) is 6.42 Å². The number of nitrogens with one attached hydrogen (secondary N) is 1. The third-order valence-electron chi connectivity index (χ3n) is 2.88. The molecular weight excluding hydrogens is 272 g/mol. The Morgan fingerprint density at radius 3 is 2.50 bits per heavy atom. The number of aromatic nitrogens is 3. The first-order valence-electron chi connectivity index (χ1n) is 6.66. The molecular formula is C14H20N4OS. The van der Waals surface area contributed by atoms with Crippen LogP contribution in [-0.4, -0.2) is 20.8 Å². The first-order valence-corrected chi connectivity index (χ1v) is 7.48. The lowest BCUT2D eigenvalue weighted by Crippen LogP contribution is -2.19. The third kappa shape index (κ3) is 3.52. The van der Waals surface area contributed by atoms with Gasteiger partial charge in [0.05, 0.1) is 0 Å². The fraction of sp³-hybridized carbons (Fsp3) is 0.429. The lowest BCUT2D eigenvalue weighted by Gasteiger charge is -2.09. The molecule has 1 aromatic carbocycles. The number of rotatable bonds is 5. The molecule has 6 heteroatoms. The molecule has 0 aliphatic heterocycles. The minimum atomic E-state index is -0.170. The summed E-state index contributed by atoms with van der Waals surface area (Å²) in [5.74, 6) is 0. The van der Waals surface area contributed by atoms with Crippen LogP contribution in [0.2, 0.25) is 0 Å². The van der Waals surface area contributed by atoms with Crippen molar-refractivity contribution < 1.29 is 0 Å². The van der Waals surface area contributed by atoms with Crippen LogP contribution in [0.15, 0.2) is 39.1 Å². The molecule has 2 aromatic rings. The highest BCUT2D eigenvalue weighted by molar-refractivity contribution is 7.99. The normalized spacial score (nSPS) is 12.8. The summed E-state index contributed by atoms with van der Waals surface area (Å²) in [6, 6.07) is 8.44. The Hall–Kier alpha value is -1.53. The second-order valence-electron chi connectivity index (χ2n) is 5.20. The highest BCUT2D eigenvalue weighted by Gasteiger charge is 2.12. The van der Waals surface area contributed by atoms with Gasteiger partial charge in [-0.15, -0.1) is 5.10 Å². The van der Waals surface area contributed by atoms with Gasteiger partial charge in [0.25, 0.3) is 0 Å². The molecule has 0 spiro atoms. The molecule has 0 saturated heterocycles. The van der Waals surface area contributed by atoms with Crippen LogP contribution in [0.1, 0.15) is 32.4 Å². The van der Waals surface area contributed by atoms with Crippen molar-refractivity contribution in [3.05, 3.63) is 40.3 Å². The lowest BCUT2D eigenvalue weighted by molar-refractivity contribution is 0.534. The number of nitrogens with two attached hydrogens (primary N) is 1. The van der Waals surface area contributed by atoms with E-state index in [0.717, 1.165) is 11.3 Å². The summed E-state index contributed by atoms with van der Waals surface area (Å²) in [6.07, 6.45) is 0.865. The van der Waals surface area contributed by atoms with Gasteiger partial charge in [-0.1, -0.05) is 12.1 Å². The molecule has 0 aliphatic carbocycles. The summed E-state index contributed by atoms with van der Waals surface area (Å²) in [6.45, 7) is 5.92. The number of benzene rings is 1. The van der Waals surface area contributed by atoms with E-state index in [9.17, 15) is 4.79 Å². The molecule has 0 amide bonds. The Balaban J connectivity index is 2.16. The van der Waals surface area contributed by atoms with E-state index in [4.69, 9.17) is 5.73 Å². The first-order chi connectivity index (χ1) is 9.47.